The van der Waals surface area contributed by atoms with Crippen molar-refractivity contribution in [1.29, 1.82) is 0 Å². The van der Waals surface area contributed by atoms with E-state index in [0.717, 1.165) is 10.9 Å². The van der Waals surface area contributed by atoms with Gasteiger partial charge in [0.05, 0.1) is 26.3 Å². The first-order valence-corrected chi connectivity index (χ1v) is 11.0. The van der Waals surface area contributed by atoms with E-state index < -0.39 is 0 Å². The SMILES string of the molecule is COc1cc2cc(CN(Cc3ccccc3Cl)C(=O)Nc3ccccc3)c(=O)[nH]c2cc1OC. The molecule has 1 aromatic heterocycles. The molecule has 174 valence electrons. The van der Waals surface area contributed by atoms with Gasteiger partial charge in [0.15, 0.2) is 11.5 Å². The van der Waals surface area contributed by atoms with Gasteiger partial charge in [-0.15, -0.1) is 0 Å². The Kier molecular flexibility index (Phi) is 7.04. The monoisotopic (exact) mass is 477 g/mol. The summed E-state index contributed by atoms with van der Waals surface area (Å²) in [7, 11) is 3.09. The van der Waals surface area contributed by atoms with E-state index in [9.17, 15) is 9.59 Å². The number of anilines is 1. The molecule has 0 aliphatic rings. The summed E-state index contributed by atoms with van der Waals surface area (Å²) in [5.41, 5.74) is 2.17. The van der Waals surface area contributed by atoms with E-state index in [1.54, 1.807) is 48.4 Å². The van der Waals surface area contributed by atoms with Crippen molar-refractivity contribution in [3.63, 3.8) is 0 Å². The maximum absolute atomic E-state index is 13.2. The zero-order chi connectivity index (χ0) is 24.1. The second kappa shape index (κ2) is 10.3. The average molecular weight is 478 g/mol. The van der Waals surface area contributed by atoms with E-state index >= 15 is 0 Å². The fourth-order valence-corrected chi connectivity index (χ4v) is 3.85. The first-order chi connectivity index (χ1) is 16.5. The Morgan fingerprint density at radius 3 is 2.26 bits per heavy atom. The van der Waals surface area contributed by atoms with Gasteiger partial charge < -0.3 is 24.7 Å². The third-order valence-electron chi connectivity index (χ3n) is 5.42. The Balaban J connectivity index is 1.69. The molecule has 0 saturated heterocycles. The van der Waals surface area contributed by atoms with Crippen molar-refractivity contribution < 1.29 is 14.3 Å². The smallest absolute Gasteiger partial charge is 0.322 e. The molecule has 0 aliphatic carbocycles. The molecule has 0 unspecified atom stereocenters. The molecule has 2 N–H and O–H groups in total. The molecule has 0 aliphatic heterocycles. The van der Waals surface area contributed by atoms with Crippen molar-refractivity contribution >= 4 is 34.2 Å². The Hall–Kier alpha value is -3.97. The number of aromatic nitrogens is 1. The summed E-state index contributed by atoms with van der Waals surface area (Å²) >= 11 is 6.36. The highest BCUT2D eigenvalue weighted by atomic mass is 35.5. The van der Waals surface area contributed by atoms with Crippen molar-refractivity contribution in [2.75, 3.05) is 19.5 Å². The number of ether oxygens (including phenoxy) is 2. The number of hydrogen-bond donors (Lipinski definition) is 2. The minimum atomic E-state index is -0.349. The number of hydrogen-bond acceptors (Lipinski definition) is 4. The summed E-state index contributed by atoms with van der Waals surface area (Å²) in [5.74, 6) is 1.06. The zero-order valence-electron chi connectivity index (χ0n) is 18.8. The van der Waals surface area contributed by atoms with E-state index in [2.05, 4.69) is 10.3 Å². The van der Waals surface area contributed by atoms with Crippen molar-refractivity contribution in [1.82, 2.24) is 9.88 Å². The summed E-state index contributed by atoms with van der Waals surface area (Å²) in [6.07, 6.45) is 0. The van der Waals surface area contributed by atoms with Crippen LogP contribution in [0.5, 0.6) is 11.5 Å². The van der Waals surface area contributed by atoms with E-state index in [4.69, 9.17) is 21.1 Å². The van der Waals surface area contributed by atoms with Gasteiger partial charge in [0.1, 0.15) is 0 Å². The predicted octanol–water partition coefficient (Wildman–Crippen LogP) is 5.43. The molecule has 4 aromatic rings. The number of nitrogens with one attached hydrogen (secondary N) is 2. The first kappa shape index (κ1) is 23.2. The molecule has 0 radical (unpaired) electrons. The fraction of sp³-hybridized carbons (Fsp3) is 0.154. The van der Waals surface area contributed by atoms with Gasteiger partial charge in [-0.1, -0.05) is 48.0 Å². The molecule has 0 bridgehead atoms. The lowest BCUT2D eigenvalue weighted by Gasteiger charge is -2.24. The van der Waals surface area contributed by atoms with E-state index in [1.807, 2.05) is 36.4 Å². The number of benzene rings is 3. The topological polar surface area (TPSA) is 83.7 Å². The average Bonchev–Trinajstić information content (AvgIpc) is 2.85. The predicted molar refractivity (Wildman–Crippen MR) is 134 cm³/mol. The maximum atomic E-state index is 13.2. The Morgan fingerprint density at radius 2 is 1.56 bits per heavy atom. The largest absolute Gasteiger partial charge is 0.493 e. The number of methoxy groups -OCH3 is 2. The number of rotatable bonds is 7. The van der Waals surface area contributed by atoms with Crippen LogP contribution in [0.2, 0.25) is 5.02 Å². The molecule has 8 heteroatoms. The van der Waals surface area contributed by atoms with Crippen LogP contribution >= 0.6 is 11.6 Å². The molecular formula is C26H24ClN3O4. The molecular weight excluding hydrogens is 454 g/mol. The molecule has 7 nitrogen and oxygen atoms in total. The fourth-order valence-electron chi connectivity index (χ4n) is 3.66. The van der Waals surface area contributed by atoms with E-state index in [-0.39, 0.29) is 24.7 Å². The molecule has 0 atom stereocenters. The van der Waals surface area contributed by atoms with Gasteiger partial charge in [-0.3, -0.25) is 4.79 Å². The van der Waals surface area contributed by atoms with Gasteiger partial charge in [-0.05, 0) is 35.9 Å². The highest BCUT2D eigenvalue weighted by Crippen LogP contribution is 2.31. The van der Waals surface area contributed by atoms with Crippen LogP contribution in [-0.2, 0) is 13.1 Å². The highest BCUT2D eigenvalue weighted by molar-refractivity contribution is 6.31. The molecule has 34 heavy (non-hydrogen) atoms. The number of halogens is 1. The summed E-state index contributed by atoms with van der Waals surface area (Å²) in [4.78, 5) is 30.6. The van der Waals surface area contributed by atoms with Crippen LogP contribution in [0.4, 0.5) is 10.5 Å². The van der Waals surface area contributed by atoms with E-state index in [0.29, 0.717) is 33.3 Å². The Bertz CT molecular complexity index is 1370. The van der Waals surface area contributed by atoms with Crippen LogP contribution in [0.1, 0.15) is 11.1 Å². The summed E-state index contributed by atoms with van der Waals surface area (Å²) in [6, 6.07) is 21.4. The van der Waals surface area contributed by atoms with Gasteiger partial charge in [-0.2, -0.15) is 0 Å². The molecule has 3 aromatic carbocycles. The number of aromatic amines is 1. The Labute approximate surface area is 201 Å². The lowest BCUT2D eigenvalue weighted by molar-refractivity contribution is 0.206. The molecule has 1 heterocycles. The van der Waals surface area contributed by atoms with Crippen molar-refractivity contribution in [3.8, 4) is 11.5 Å². The summed E-state index contributed by atoms with van der Waals surface area (Å²) in [6.45, 7) is 0.297. The van der Waals surface area contributed by atoms with Crippen molar-refractivity contribution in [2.45, 2.75) is 13.1 Å². The van der Waals surface area contributed by atoms with Crippen LogP contribution in [0, 0.1) is 0 Å². The van der Waals surface area contributed by atoms with Gasteiger partial charge in [0, 0.05) is 34.3 Å². The number of H-pyrrole nitrogens is 1. The minimum Gasteiger partial charge on any atom is -0.493 e. The van der Waals surface area contributed by atoms with Crippen LogP contribution in [-0.4, -0.2) is 30.1 Å². The number of urea groups is 1. The number of fused-ring (bicyclic) bond motifs is 1. The maximum Gasteiger partial charge on any atom is 0.322 e. The molecule has 0 spiro atoms. The highest BCUT2D eigenvalue weighted by Gasteiger charge is 2.19. The van der Waals surface area contributed by atoms with Crippen LogP contribution in [0.15, 0.2) is 77.6 Å². The van der Waals surface area contributed by atoms with Crippen LogP contribution in [0.25, 0.3) is 10.9 Å². The second-order valence-corrected chi connectivity index (χ2v) is 8.07. The van der Waals surface area contributed by atoms with Crippen LogP contribution in [0.3, 0.4) is 0 Å². The molecule has 2 amide bonds. The Morgan fingerprint density at radius 1 is 0.912 bits per heavy atom. The van der Waals surface area contributed by atoms with Gasteiger partial charge >= 0.3 is 6.03 Å². The number of amides is 2. The number of para-hydroxylation sites is 1. The lowest BCUT2D eigenvalue weighted by atomic mass is 10.1. The van der Waals surface area contributed by atoms with Gasteiger partial charge in [0.2, 0.25) is 0 Å². The third-order valence-corrected chi connectivity index (χ3v) is 5.79. The van der Waals surface area contributed by atoms with Crippen LogP contribution < -0.4 is 20.3 Å². The quantitative estimate of drug-likeness (QED) is 0.371. The lowest BCUT2D eigenvalue weighted by Crippen LogP contribution is -2.35. The van der Waals surface area contributed by atoms with Gasteiger partial charge in [-0.25, -0.2) is 4.79 Å². The number of nitrogens with zero attached hydrogens (tertiary/aromatic N) is 1. The van der Waals surface area contributed by atoms with Gasteiger partial charge in [0.25, 0.3) is 5.56 Å². The molecule has 4 rings (SSSR count). The third kappa shape index (κ3) is 5.15. The van der Waals surface area contributed by atoms with Crippen molar-refractivity contribution in [3.05, 3.63) is 99.3 Å². The zero-order valence-corrected chi connectivity index (χ0v) is 19.6. The summed E-state index contributed by atoms with van der Waals surface area (Å²) < 4.78 is 10.7. The van der Waals surface area contributed by atoms with E-state index in [1.165, 1.54) is 7.11 Å². The first-order valence-electron chi connectivity index (χ1n) is 10.6. The number of pyridine rings is 1. The minimum absolute atomic E-state index is 0.0729. The van der Waals surface area contributed by atoms with Crippen molar-refractivity contribution in [2.24, 2.45) is 0 Å². The normalized spacial score (nSPS) is 10.7. The number of carbonyl (C=O) groups excluding carboxylic acids is 1. The summed E-state index contributed by atoms with van der Waals surface area (Å²) in [5, 5.41) is 4.19. The standard InChI is InChI=1S/C26H24ClN3O4/c1-33-23-13-18-12-19(25(31)29-22(18)14-24(23)34-2)16-30(15-17-8-6-7-11-21(17)27)26(32)28-20-9-4-3-5-10-20/h3-14H,15-16H2,1-2H3,(H,28,32)(H,29,31). The molecule has 0 fully saturated rings. The second-order valence-electron chi connectivity index (χ2n) is 7.66. The molecule has 0 saturated carbocycles. The number of carbonyl (C=O) groups is 1.